The summed E-state index contributed by atoms with van der Waals surface area (Å²) >= 11 is 1.33. The number of hydrogen-bond donors (Lipinski definition) is 1. The average Bonchev–Trinajstić information content (AvgIpc) is 2.59. The fraction of sp³-hybridized carbons (Fsp3) is 0.455. The summed E-state index contributed by atoms with van der Waals surface area (Å²) in [5, 5.41) is 8.51. The lowest BCUT2D eigenvalue weighted by Gasteiger charge is -2.17. The van der Waals surface area contributed by atoms with Crippen molar-refractivity contribution in [3.8, 4) is 11.8 Å². The van der Waals surface area contributed by atoms with Gasteiger partial charge in [-0.15, -0.1) is 11.3 Å². The molecular formula is C11H12F3NOS. The van der Waals surface area contributed by atoms with E-state index in [2.05, 4.69) is 11.8 Å². The Balaban J connectivity index is 2.54. The van der Waals surface area contributed by atoms with Crippen molar-refractivity contribution in [1.29, 1.82) is 0 Å². The van der Waals surface area contributed by atoms with E-state index in [4.69, 9.17) is 5.11 Å². The molecule has 0 aliphatic rings. The maximum absolute atomic E-state index is 12.1. The highest BCUT2D eigenvalue weighted by Crippen LogP contribution is 2.20. The second-order valence-corrected chi connectivity index (χ2v) is 4.68. The van der Waals surface area contributed by atoms with Crippen molar-refractivity contribution in [1.82, 2.24) is 4.90 Å². The van der Waals surface area contributed by atoms with E-state index in [0.717, 1.165) is 9.75 Å². The van der Waals surface area contributed by atoms with Gasteiger partial charge in [-0.05, 0) is 19.2 Å². The van der Waals surface area contributed by atoms with Crippen LogP contribution in [0.2, 0.25) is 0 Å². The Kier molecular flexibility index (Phi) is 5.00. The first-order valence-corrected chi connectivity index (χ1v) is 5.66. The highest BCUT2D eigenvalue weighted by Gasteiger charge is 2.29. The molecule has 17 heavy (non-hydrogen) atoms. The molecule has 1 aromatic rings. The van der Waals surface area contributed by atoms with Gasteiger partial charge in [0.05, 0.1) is 11.4 Å². The van der Waals surface area contributed by atoms with Gasteiger partial charge < -0.3 is 5.11 Å². The molecule has 0 amide bonds. The van der Waals surface area contributed by atoms with Crippen molar-refractivity contribution in [2.24, 2.45) is 0 Å². The Labute approximate surface area is 102 Å². The minimum Gasteiger partial charge on any atom is -0.384 e. The molecule has 0 saturated heterocycles. The molecule has 1 N–H and O–H groups in total. The van der Waals surface area contributed by atoms with Gasteiger partial charge in [0, 0.05) is 11.4 Å². The SMILES string of the molecule is CN(Cc1ccc(C#CCO)s1)CC(F)(F)F. The normalized spacial score (nSPS) is 11.4. The smallest absolute Gasteiger partial charge is 0.384 e. The summed E-state index contributed by atoms with van der Waals surface area (Å²) in [6, 6.07) is 3.49. The number of rotatable bonds is 3. The second kappa shape index (κ2) is 6.05. The fourth-order valence-corrected chi connectivity index (χ4v) is 2.25. The van der Waals surface area contributed by atoms with Crippen molar-refractivity contribution in [2.75, 3.05) is 20.2 Å². The molecule has 0 unspecified atom stereocenters. The lowest BCUT2D eigenvalue weighted by molar-refractivity contribution is -0.143. The zero-order valence-electron chi connectivity index (χ0n) is 9.21. The number of halogens is 3. The minimum absolute atomic E-state index is 0.221. The molecule has 2 nitrogen and oxygen atoms in total. The molecule has 6 heteroatoms. The topological polar surface area (TPSA) is 23.5 Å². The van der Waals surface area contributed by atoms with Gasteiger partial charge in [0.25, 0.3) is 0 Å². The lowest BCUT2D eigenvalue weighted by atomic mass is 10.4. The standard InChI is InChI=1S/C11H12F3NOS/c1-15(8-11(12,13)14)7-10-5-4-9(17-10)3-2-6-16/h4-5,16H,6-8H2,1H3. The molecule has 0 bridgehead atoms. The zero-order chi connectivity index (χ0) is 12.9. The largest absolute Gasteiger partial charge is 0.401 e. The molecule has 0 aliphatic carbocycles. The summed E-state index contributed by atoms with van der Waals surface area (Å²) in [6.45, 7) is -0.908. The molecule has 0 saturated carbocycles. The molecule has 0 aliphatic heterocycles. The van der Waals surface area contributed by atoms with Crippen LogP contribution in [0.25, 0.3) is 0 Å². The highest BCUT2D eigenvalue weighted by atomic mass is 32.1. The van der Waals surface area contributed by atoms with E-state index in [0.29, 0.717) is 0 Å². The first-order chi connectivity index (χ1) is 7.90. The molecule has 1 aromatic heterocycles. The van der Waals surface area contributed by atoms with Crippen LogP contribution in [0.3, 0.4) is 0 Å². The van der Waals surface area contributed by atoms with E-state index in [1.54, 1.807) is 12.1 Å². The lowest BCUT2D eigenvalue weighted by Crippen LogP contribution is -2.30. The summed E-state index contributed by atoms with van der Waals surface area (Å²) in [7, 11) is 1.42. The quantitative estimate of drug-likeness (QED) is 0.844. The molecule has 0 fully saturated rings. The predicted molar refractivity (Wildman–Crippen MR) is 60.7 cm³/mol. The minimum atomic E-state index is -4.18. The van der Waals surface area contributed by atoms with Crippen LogP contribution in [0.15, 0.2) is 12.1 Å². The fourth-order valence-electron chi connectivity index (χ4n) is 1.28. The van der Waals surface area contributed by atoms with Crippen LogP contribution in [0.4, 0.5) is 13.2 Å². The molecule has 0 atom stereocenters. The van der Waals surface area contributed by atoms with Gasteiger partial charge in [-0.3, -0.25) is 4.90 Å². The monoisotopic (exact) mass is 263 g/mol. The van der Waals surface area contributed by atoms with Gasteiger partial charge in [-0.1, -0.05) is 11.8 Å². The number of thiophene rings is 1. The first kappa shape index (κ1) is 14.0. The number of nitrogens with zero attached hydrogens (tertiary/aromatic N) is 1. The van der Waals surface area contributed by atoms with Gasteiger partial charge in [0.15, 0.2) is 0 Å². The number of alkyl halides is 3. The number of hydrogen-bond acceptors (Lipinski definition) is 3. The third-order valence-corrected chi connectivity index (χ3v) is 2.81. The van der Waals surface area contributed by atoms with E-state index >= 15 is 0 Å². The summed E-state index contributed by atoms with van der Waals surface area (Å²) in [5.41, 5.74) is 0. The van der Waals surface area contributed by atoms with E-state index in [1.807, 2.05) is 0 Å². The zero-order valence-corrected chi connectivity index (χ0v) is 10.0. The Morgan fingerprint density at radius 3 is 2.71 bits per heavy atom. The molecule has 0 aromatic carbocycles. The third kappa shape index (κ3) is 5.73. The maximum atomic E-state index is 12.1. The molecule has 94 valence electrons. The van der Waals surface area contributed by atoms with Crippen molar-refractivity contribution in [2.45, 2.75) is 12.7 Å². The van der Waals surface area contributed by atoms with Crippen molar-refractivity contribution < 1.29 is 18.3 Å². The van der Waals surface area contributed by atoms with Crippen LogP contribution < -0.4 is 0 Å². The summed E-state index contributed by atoms with van der Waals surface area (Å²) in [6.07, 6.45) is -4.18. The average molecular weight is 263 g/mol. The van der Waals surface area contributed by atoms with Gasteiger partial charge in [-0.2, -0.15) is 13.2 Å². The van der Waals surface area contributed by atoms with E-state index in [-0.39, 0.29) is 13.2 Å². The van der Waals surface area contributed by atoms with Crippen LogP contribution >= 0.6 is 11.3 Å². The first-order valence-electron chi connectivity index (χ1n) is 4.84. The molecule has 0 radical (unpaired) electrons. The predicted octanol–water partition coefficient (Wildman–Crippen LogP) is 2.09. The van der Waals surface area contributed by atoms with Crippen LogP contribution in [-0.2, 0) is 6.54 Å². The van der Waals surface area contributed by atoms with Gasteiger partial charge >= 0.3 is 6.18 Å². The molecular weight excluding hydrogens is 251 g/mol. The Hall–Kier alpha value is -1.03. The summed E-state index contributed by atoms with van der Waals surface area (Å²) in [5.74, 6) is 5.21. The van der Waals surface area contributed by atoms with Gasteiger partial charge in [-0.25, -0.2) is 0 Å². The van der Waals surface area contributed by atoms with Crippen molar-refractivity contribution in [3.05, 3.63) is 21.9 Å². The van der Waals surface area contributed by atoms with E-state index in [9.17, 15) is 13.2 Å². The third-order valence-electron chi connectivity index (χ3n) is 1.83. The molecule has 1 rings (SSSR count). The number of aliphatic hydroxyl groups is 1. The molecule has 0 spiro atoms. The summed E-state index contributed by atoms with van der Waals surface area (Å²) < 4.78 is 36.3. The van der Waals surface area contributed by atoms with E-state index in [1.165, 1.54) is 23.3 Å². The summed E-state index contributed by atoms with van der Waals surface area (Å²) in [4.78, 5) is 2.77. The second-order valence-electron chi connectivity index (χ2n) is 3.51. The van der Waals surface area contributed by atoms with Gasteiger partial charge in [0.1, 0.15) is 6.61 Å². The Bertz CT molecular complexity index is 416. The number of aliphatic hydroxyl groups excluding tert-OH is 1. The van der Waals surface area contributed by atoms with Crippen LogP contribution in [0.1, 0.15) is 9.75 Å². The molecule has 1 heterocycles. The van der Waals surface area contributed by atoms with Gasteiger partial charge in [0.2, 0.25) is 0 Å². The van der Waals surface area contributed by atoms with Crippen molar-refractivity contribution in [3.63, 3.8) is 0 Å². The highest BCUT2D eigenvalue weighted by molar-refractivity contribution is 7.12. The van der Waals surface area contributed by atoms with Crippen LogP contribution in [-0.4, -0.2) is 36.4 Å². The Morgan fingerprint density at radius 2 is 2.12 bits per heavy atom. The van der Waals surface area contributed by atoms with Crippen LogP contribution in [0.5, 0.6) is 0 Å². The van der Waals surface area contributed by atoms with Crippen LogP contribution in [0, 0.1) is 11.8 Å². The Morgan fingerprint density at radius 1 is 1.41 bits per heavy atom. The maximum Gasteiger partial charge on any atom is 0.401 e. The van der Waals surface area contributed by atoms with Crippen molar-refractivity contribution >= 4 is 11.3 Å². The van der Waals surface area contributed by atoms with E-state index < -0.39 is 12.7 Å².